The maximum absolute atomic E-state index is 12.4. The summed E-state index contributed by atoms with van der Waals surface area (Å²) in [5, 5.41) is 5.66. The highest BCUT2D eigenvalue weighted by molar-refractivity contribution is 5.87. The predicted octanol–water partition coefficient (Wildman–Crippen LogP) is 1.57. The lowest BCUT2D eigenvalue weighted by molar-refractivity contribution is -0.129. The second-order valence-corrected chi connectivity index (χ2v) is 6.42. The normalized spacial score (nSPS) is 13.5. The molecule has 0 aromatic heterocycles. The lowest BCUT2D eigenvalue weighted by Crippen LogP contribution is -2.50. The molecule has 0 radical (unpaired) electrons. The van der Waals surface area contributed by atoms with Crippen LogP contribution in [0.25, 0.3) is 0 Å². The van der Waals surface area contributed by atoms with E-state index in [0.717, 1.165) is 11.3 Å². The molecule has 6 heteroatoms. The molecular weight excluding hydrogens is 306 g/mol. The van der Waals surface area contributed by atoms with Crippen LogP contribution < -0.4 is 15.4 Å². The van der Waals surface area contributed by atoms with Gasteiger partial charge >= 0.3 is 0 Å². The molecule has 1 aromatic rings. The molecule has 0 aliphatic heterocycles. The summed E-state index contributed by atoms with van der Waals surface area (Å²) in [4.78, 5) is 25.8. The first-order valence-electron chi connectivity index (χ1n) is 8.11. The topological polar surface area (TPSA) is 70.7 Å². The SMILES string of the molecule is COc1cccc([C@H](CNC(=O)[C@H](NC(C)=O)C(C)C)N(C)C)c1. The number of nitrogens with one attached hydrogen (secondary N) is 2. The smallest absolute Gasteiger partial charge is 0.242 e. The molecule has 2 atom stereocenters. The summed E-state index contributed by atoms with van der Waals surface area (Å²) in [6, 6.07) is 7.27. The van der Waals surface area contributed by atoms with E-state index in [2.05, 4.69) is 10.6 Å². The fourth-order valence-electron chi connectivity index (χ4n) is 2.51. The zero-order chi connectivity index (χ0) is 18.3. The highest BCUT2D eigenvalue weighted by atomic mass is 16.5. The summed E-state index contributed by atoms with van der Waals surface area (Å²) >= 11 is 0. The van der Waals surface area contributed by atoms with Crippen molar-refractivity contribution in [2.75, 3.05) is 27.7 Å². The van der Waals surface area contributed by atoms with Crippen LogP contribution in [-0.4, -0.2) is 50.5 Å². The number of methoxy groups -OCH3 is 1. The third kappa shape index (κ3) is 5.85. The number of likely N-dealkylation sites (N-methyl/N-ethyl adjacent to an activating group) is 1. The van der Waals surface area contributed by atoms with Gasteiger partial charge in [0.1, 0.15) is 11.8 Å². The summed E-state index contributed by atoms with van der Waals surface area (Å²) in [7, 11) is 5.56. The average Bonchev–Trinajstić information content (AvgIpc) is 2.52. The van der Waals surface area contributed by atoms with Gasteiger partial charge in [-0.1, -0.05) is 26.0 Å². The van der Waals surface area contributed by atoms with Gasteiger partial charge in [0, 0.05) is 13.5 Å². The zero-order valence-corrected chi connectivity index (χ0v) is 15.4. The van der Waals surface area contributed by atoms with Gasteiger partial charge in [-0.3, -0.25) is 9.59 Å². The predicted molar refractivity (Wildman–Crippen MR) is 94.9 cm³/mol. The first kappa shape index (κ1) is 20.0. The van der Waals surface area contributed by atoms with Crippen LogP contribution in [0.2, 0.25) is 0 Å². The van der Waals surface area contributed by atoms with Crippen LogP contribution in [0.5, 0.6) is 5.75 Å². The van der Waals surface area contributed by atoms with Gasteiger partial charge in [0.15, 0.2) is 0 Å². The van der Waals surface area contributed by atoms with Crippen LogP contribution in [0.3, 0.4) is 0 Å². The monoisotopic (exact) mass is 335 g/mol. The molecule has 0 saturated heterocycles. The minimum absolute atomic E-state index is 0.00851. The number of hydrogen-bond acceptors (Lipinski definition) is 4. The molecule has 0 aliphatic rings. The number of carbonyl (C=O) groups excluding carboxylic acids is 2. The Kier molecular flexibility index (Phi) is 7.71. The molecule has 0 aliphatic carbocycles. The first-order valence-corrected chi connectivity index (χ1v) is 8.11. The zero-order valence-electron chi connectivity index (χ0n) is 15.4. The van der Waals surface area contributed by atoms with E-state index >= 15 is 0 Å². The summed E-state index contributed by atoms with van der Waals surface area (Å²) < 4.78 is 5.27. The molecule has 2 amide bonds. The van der Waals surface area contributed by atoms with Crippen LogP contribution in [0, 0.1) is 5.92 Å². The molecule has 134 valence electrons. The minimum atomic E-state index is -0.532. The highest BCUT2D eigenvalue weighted by Crippen LogP contribution is 2.22. The van der Waals surface area contributed by atoms with Gasteiger partial charge in [0.25, 0.3) is 0 Å². The van der Waals surface area contributed by atoms with Gasteiger partial charge in [-0.2, -0.15) is 0 Å². The summed E-state index contributed by atoms with van der Waals surface area (Å²) in [6.45, 7) is 5.68. The van der Waals surface area contributed by atoms with Crippen molar-refractivity contribution in [1.82, 2.24) is 15.5 Å². The van der Waals surface area contributed by atoms with E-state index < -0.39 is 6.04 Å². The van der Waals surface area contributed by atoms with Crippen molar-refractivity contribution < 1.29 is 14.3 Å². The Balaban J connectivity index is 2.82. The van der Waals surface area contributed by atoms with Crippen molar-refractivity contribution in [2.45, 2.75) is 32.9 Å². The molecule has 6 nitrogen and oxygen atoms in total. The van der Waals surface area contributed by atoms with Gasteiger partial charge in [0.05, 0.1) is 13.2 Å². The molecular formula is C18H29N3O3. The van der Waals surface area contributed by atoms with Gasteiger partial charge in [-0.25, -0.2) is 0 Å². The fraction of sp³-hybridized carbons (Fsp3) is 0.556. The van der Waals surface area contributed by atoms with E-state index in [0.29, 0.717) is 6.54 Å². The maximum Gasteiger partial charge on any atom is 0.242 e. The largest absolute Gasteiger partial charge is 0.497 e. The Morgan fingerprint density at radius 2 is 1.92 bits per heavy atom. The minimum Gasteiger partial charge on any atom is -0.497 e. The number of rotatable bonds is 8. The number of ether oxygens (including phenoxy) is 1. The fourth-order valence-corrected chi connectivity index (χ4v) is 2.51. The molecule has 0 bridgehead atoms. The van der Waals surface area contributed by atoms with Crippen molar-refractivity contribution in [3.8, 4) is 5.75 Å². The number of nitrogens with zero attached hydrogens (tertiary/aromatic N) is 1. The average molecular weight is 335 g/mol. The van der Waals surface area contributed by atoms with Crippen molar-refractivity contribution in [3.05, 3.63) is 29.8 Å². The second-order valence-electron chi connectivity index (χ2n) is 6.42. The van der Waals surface area contributed by atoms with Crippen LogP contribution in [0.1, 0.15) is 32.4 Å². The standard InChI is InChI=1S/C18H29N3O3/c1-12(2)17(20-13(3)22)18(23)19-11-16(21(4)5)14-8-7-9-15(10-14)24-6/h7-10,12,16-17H,11H2,1-6H3,(H,19,23)(H,20,22)/t16-,17+/m0/s1. The Morgan fingerprint density at radius 1 is 1.25 bits per heavy atom. The summed E-state index contributed by atoms with van der Waals surface area (Å²) in [6.07, 6.45) is 0. The molecule has 24 heavy (non-hydrogen) atoms. The molecule has 0 heterocycles. The number of benzene rings is 1. The van der Waals surface area contributed by atoms with Crippen molar-refractivity contribution in [3.63, 3.8) is 0 Å². The van der Waals surface area contributed by atoms with E-state index in [1.165, 1.54) is 6.92 Å². The van der Waals surface area contributed by atoms with E-state index in [4.69, 9.17) is 4.74 Å². The van der Waals surface area contributed by atoms with Crippen molar-refractivity contribution in [2.24, 2.45) is 5.92 Å². The Labute approximate surface area is 144 Å². The molecule has 1 aromatic carbocycles. The quantitative estimate of drug-likeness (QED) is 0.757. The Bertz CT molecular complexity index is 558. The first-order chi connectivity index (χ1) is 11.3. The lowest BCUT2D eigenvalue weighted by Gasteiger charge is -2.27. The maximum atomic E-state index is 12.4. The van der Waals surface area contributed by atoms with Crippen molar-refractivity contribution in [1.29, 1.82) is 0 Å². The van der Waals surface area contributed by atoms with Gasteiger partial charge < -0.3 is 20.3 Å². The molecule has 0 spiro atoms. The highest BCUT2D eigenvalue weighted by Gasteiger charge is 2.24. The molecule has 0 fully saturated rings. The van der Waals surface area contributed by atoms with Gasteiger partial charge in [-0.15, -0.1) is 0 Å². The number of carbonyl (C=O) groups is 2. The number of hydrogen-bond donors (Lipinski definition) is 2. The van der Waals surface area contributed by atoms with E-state index in [9.17, 15) is 9.59 Å². The Morgan fingerprint density at radius 3 is 2.42 bits per heavy atom. The molecule has 1 rings (SSSR count). The Hall–Kier alpha value is -2.08. The summed E-state index contributed by atoms with van der Waals surface area (Å²) in [5.74, 6) is 0.420. The van der Waals surface area contributed by atoms with Gasteiger partial charge in [0.2, 0.25) is 11.8 Å². The van der Waals surface area contributed by atoms with Crippen LogP contribution in [0.15, 0.2) is 24.3 Å². The van der Waals surface area contributed by atoms with Gasteiger partial charge in [-0.05, 0) is 37.7 Å². The third-order valence-electron chi connectivity index (χ3n) is 3.88. The van der Waals surface area contributed by atoms with Crippen LogP contribution in [0.4, 0.5) is 0 Å². The van der Waals surface area contributed by atoms with E-state index in [1.54, 1.807) is 7.11 Å². The van der Waals surface area contributed by atoms with E-state index in [1.807, 2.05) is 57.1 Å². The van der Waals surface area contributed by atoms with Crippen LogP contribution >= 0.6 is 0 Å². The molecule has 2 N–H and O–H groups in total. The van der Waals surface area contributed by atoms with E-state index in [-0.39, 0.29) is 23.8 Å². The lowest BCUT2D eigenvalue weighted by atomic mass is 10.0. The molecule has 0 unspecified atom stereocenters. The summed E-state index contributed by atoms with van der Waals surface area (Å²) in [5.41, 5.74) is 1.06. The molecule has 0 saturated carbocycles. The second kappa shape index (κ2) is 9.27. The third-order valence-corrected chi connectivity index (χ3v) is 3.88. The van der Waals surface area contributed by atoms with Crippen molar-refractivity contribution >= 4 is 11.8 Å². The number of amides is 2. The van der Waals surface area contributed by atoms with Crippen LogP contribution in [-0.2, 0) is 9.59 Å².